The van der Waals surface area contributed by atoms with Crippen LogP contribution in [0, 0.1) is 0 Å². The van der Waals surface area contributed by atoms with E-state index in [-0.39, 0.29) is 10.9 Å². The Bertz CT molecular complexity index is 416. The van der Waals surface area contributed by atoms with Crippen molar-refractivity contribution in [1.82, 2.24) is 0 Å². The first-order valence-electron chi connectivity index (χ1n) is 6.19. The van der Waals surface area contributed by atoms with Gasteiger partial charge in [-0.2, -0.15) is 11.8 Å². The Labute approximate surface area is 121 Å². The van der Waals surface area contributed by atoms with Crippen molar-refractivity contribution in [2.24, 2.45) is 0 Å². The van der Waals surface area contributed by atoms with Crippen LogP contribution < -0.4 is 4.74 Å². The second kappa shape index (κ2) is 5.85. The summed E-state index contributed by atoms with van der Waals surface area (Å²) in [6.45, 7) is 2.17. The minimum Gasteiger partial charge on any atom is -0.497 e. The lowest BCUT2D eigenvalue weighted by molar-refractivity contribution is 0.133. The smallest absolute Gasteiger partial charge is 0.119 e. The molecular formula is C14H19BrO2S. The Balaban J connectivity index is 2.13. The summed E-state index contributed by atoms with van der Waals surface area (Å²) < 4.78 is 6.27. The van der Waals surface area contributed by atoms with E-state index in [0.29, 0.717) is 6.42 Å². The van der Waals surface area contributed by atoms with Crippen molar-refractivity contribution >= 4 is 27.7 Å². The van der Waals surface area contributed by atoms with E-state index in [9.17, 15) is 5.11 Å². The summed E-state index contributed by atoms with van der Waals surface area (Å²) in [6.07, 6.45) is 2.66. The van der Waals surface area contributed by atoms with Gasteiger partial charge in [0.25, 0.3) is 0 Å². The number of methoxy groups -OCH3 is 1. The molecule has 2 rings (SSSR count). The molecule has 0 radical (unpaired) electrons. The van der Waals surface area contributed by atoms with Gasteiger partial charge in [-0.25, -0.2) is 0 Å². The third-order valence-corrected chi connectivity index (χ3v) is 6.02. The molecule has 0 bridgehead atoms. The summed E-state index contributed by atoms with van der Waals surface area (Å²) in [6, 6.07) is 5.90. The number of benzene rings is 1. The Hall–Kier alpha value is -0.190. The molecule has 18 heavy (non-hydrogen) atoms. The minimum atomic E-state index is -0.312. The molecule has 1 aliphatic rings. The van der Waals surface area contributed by atoms with E-state index in [2.05, 4.69) is 22.9 Å². The van der Waals surface area contributed by atoms with Crippen molar-refractivity contribution in [3.8, 4) is 5.75 Å². The zero-order valence-corrected chi connectivity index (χ0v) is 13.2. The molecule has 1 aromatic carbocycles. The predicted molar refractivity (Wildman–Crippen MR) is 80.5 cm³/mol. The van der Waals surface area contributed by atoms with Crippen LogP contribution in [-0.4, -0.2) is 28.8 Å². The summed E-state index contributed by atoms with van der Waals surface area (Å²) in [4.78, 5) is 0. The summed E-state index contributed by atoms with van der Waals surface area (Å²) >= 11 is 5.43. The molecule has 0 saturated carbocycles. The number of ether oxygens (including phenoxy) is 1. The van der Waals surface area contributed by atoms with Crippen molar-refractivity contribution in [1.29, 1.82) is 0 Å². The standard InChI is InChI=1S/C14H19BrO2S/c1-14(6-3-7-18-14)13(16)9-10-8-11(17-2)4-5-12(10)15/h4-5,8,13,16H,3,6-7,9H2,1-2H3. The highest BCUT2D eigenvalue weighted by atomic mass is 79.9. The lowest BCUT2D eigenvalue weighted by Crippen LogP contribution is -2.35. The Morgan fingerprint density at radius 2 is 2.33 bits per heavy atom. The van der Waals surface area contributed by atoms with Gasteiger partial charge in [0.2, 0.25) is 0 Å². The van der Waals surface area contributed by atoms with Gasteiger partial charge in [-0.15, -0.1) is 0 Å². The van der Waals surface area contributed by atoms with Gasteiger partial charge in [0.15, 0.2) is 0 Å². The molecule has 1 aromatic rings. The molecule has 1 N–H and O–H groups in total. The predicted octanol–water partition coefficient (Wildman–Crippen LogP) is 3.65. The van der Waals surface area contributed by atoms with E-state index < -0.39 is 0 Å². The first kappa shape index (κ1) is 14.2. The lowest BCUT2D eigenvalue weighted by atomic mass is 9.93. The first-order valence-corrected chi connectivity index (χ1v) is 7.97. The molecule has 0 spiro atoms. The highest BCUT2D eigenvalue weighted by molar-refractivity contribution is 9.10. The maximum absolute atomic E-state index is 10.5. The number of rotatable bonds is 4. The molecule has 2 atom stereocenters. The van der Waals surface area contributed by atoms with Crippen LogP contribution in [0.5, 0.6) is 5.75 Å². The van der Waals surface area contributed by atoms with E-state index in [1.54, 1.807) is 7.11 Å². The summed E-state index contributed by atoms with van der Waals surface area (Å²) in [5.74, 6) is 2.00. The molecule has 0 amide bonds. The molecule has 2 unspecified atom stereocenters. The van der Waals surface area contributed by atoms with Crippen molar-refractivity contribution < 1.29 is 9.84 Å². The average molecular weight is 331 g/mol. The number of halogens is 1. The van der Waals surface area contributed by atoms with E-state index >= 15 is 0 Å². The van der Waals surface area contributed by atoms with E-state index in [1.165, 1.54) is 6.42 Å². The van der Waals surface area contributed by atoms with Gasteiger partial charge >= 0.3 is 0 Å². The highest BCUT2D eigenvalue weighted by Gasteiger charge is 2.36. The van der Waals surface area contributed by atoms with Crippen molar-refractivity contribution in [3.63, 3.8) is 0 Å². The largest absolute Gasteiger partial charge is 0.497 e. The number of aliphatic hydroxyl groups is 1. The van der Waals surface area contributed by atoms with Gasteiger partial charge in [0, 0.05) is 15.6 Å². The number of thioether (sulfide) groups is 1. The van der Waals surface area contributed by atoms with Crippen LogP contribution in [0.1, 0.15) is 25.3 Å². The van der Waals surface area contributed by atoms with E-state index in [1.807, 2.05) is 30.0 Å². The molecule has 100 valence electrons. The van der Waals surface area contributed by atoms with Gasteiger partial charge in [-0.3, -0.25) is 0 Å². The summed E-state index contributed by atoms with van der Waals surface area (Å²) in [5, 5.41) is 10.5. The Morgan fingerprint density at radius 3 is 2.94 bits per heavy atom. The number of hydrogen-bond acceptors (Lipinski definition) is 3. The van der Waals surface area contributed by atoms with Crippen LogP contribution in [0.15, 0.2) is 22.7 Å². The normalized spacial score (nSPS) is 25.1. The fraction of sp³-hybridized carbons (Fsp3) is 0.571. The SMILES string of the molecule is COc1ccc(Br)c(CC(O)C2(C)CCCS2)c1. The Kier molecular flexibility index (Phi) is 4.62. The van der Waals surface area contributed by atoms with E-state index in [4.69, 9.17) is 4.74 Å². The monoisotopic (exact) mass is 330 g/mol. The Morgan fingerprint density at radius 1 is 1.56 bits per heavy atom. The topological polar surface area (TPSA) is 29.5 Å². The molecular weight excluding hydrogens is 312 g/mol. The molecule has 1 aliphatic heterocycles. The van der Waals surface area contributed by atoms with Gasteiger partial charge in [-0.1, -0.05) is 15.9 Å². The zero-order valence-electron chi connectivity index (χ0n) is 10.8. The van der Waals surface area contributed by atoms with Crippen LogP contribution in [0.3, 0.4) is 0 Å². The maximum atomic E-state index is 10.5. The fourth-order valence-electron chi connectivity index (χ4n) is 2.32. The second-order valence-electron chi connectivity index (χ2n) is 4.94. The third-order valence-electron chi connectivity index (χ3n) is 3.62. The van der Waals surface area contributed by atoms with Gasteiger partial charge in [0.05, 0.1) is 13.2 Å². The van der Waals surface area contributed by atoms with Crippen LogP contribution in [-0.2, 0) is 6.42 Å². The summed E-state index contributed by atoms with van der Waals surface area (Å²) in [7, 11) is 1.66. The quantitative estimate of drug-likeness (QED) is 0.913. The maximum Gasteiger partial charge on any atom is 0.119 e. The third kappa shape index (κ3) is 3.03. The summed E-state index contributed by atoms with van der Waals surface area (Å²) in [5.41, 5.74) is 1.11. The number of aliphatic hydroxyl groups excluding tert-OH is 1. The van der Waals surface area contributed by atoms with Gasteiger partial charge < -0.3 is 9.84 Å². The minimum absolute atomic E-state index is 0.00250. The van der Waals surface area contributed by atoms with Gasteiger partial charge in [0.1, 0.15) is 5.75 Å². The molecule has 1 heterocycles. The molecule has 1 fully saturated rings. The zero-order chi connectivity index (χ0) is 13.2. The van der Waals surface area contributed by atoms with Crippen molar-refractivity contribution in [3.05, 3.63) is 28.2 Å². The van der Waals surface area contributed by atoms with Crippen LogP contribution in [0.25, 0.3) is 0 Å². The lowest BCUT2D eigenvalue weighted by Gasteiger charge is -2.29. The number of hydrogen-bond donors (Lipinski definition) is 1. The van der Waals surface area contributed by atoms with E-state index in [0.717, 1.165) is 28.0 Å². The molecule has 2 nitrogen and oxygen atoms in total. The van der Waals surface area contributed by atoms with Gasteiger partial charge in [-0.05, 0) is 49.3 Å². The molecule has 4 heteroatoms. The van der Waals surface area contributed by atoms with Crippen molar-refractivity contribution in [2.75, 3.05) is 12.9 Å². The van der Waals surface area contributed by atoms with Crippen LogP contribution >= 0.6 is 27.7 Å². The average Bonchev–Trinajstić information content (AvgIpc) is 2.80. The molecule has 0 aromatic heterocycles. The van der Waals surface area contributed by atoms with Crippen LogP contribution in [0.4, 0.5) is 0 Å². The van der Waals surface area contributed by atoms with Crippen LogP contribution in [0.2, 0.25) is 0 Å². The molecule has 0 aliphatic carbocycles. The molecule has 1 saturated heterocycles. The fourth-order valence-corrected chi connectivity index (χ4v) is 4.05. The van der Waals surface area contributed by atoms with Crippen molar-refractivity contribution in [2.45, 2.75) is 37.0 Å². The highest BCUT2D eigenvalue weighted by Crippen LogP contribution is 2.41. The first-order chi connectivity index (χ1) is 8.55. The second-order valence-corrected chi connectivity index (χ2v) is 7.43.